The van der Waals surface area contributed by atoms with Crippen LogP contribution in [0.3, 0.4) is 0 Å². The minimum absolute atomic E-state index is 0.176. The number of hydrogen-bond donors (Lipinski definition) is 1. The number of rotatable bonds is 5. The highest BCUT2D eigenvalue weighted by atomic mass is 32.2. The van der Waals surface area contributed by atoms with Gasteiger partial charge in [0.05, 0.1) is 4.90 Å². The van der Waals surface area contributed by atoms with Crippen LogP contribution in [0.5, 0.6) is 0 Å². The van der Waals surface area contributed by atoms with Crippen LogP contribution in [-0.2, 0) is 10.0 Å². The number of aliphatic hydroxyl groups is 1. The summed E-state index contributed by atoms with van der Waals surface area (Å²) in [5.74, 6) is 5.22. The van der Waals surface area contributed by atoms with E-state index in [4.69, 9.17) is 5.11 Å². The van der Waals surface area contributed by atoms with E-state index in [0.717, 1.165) is 5.56 Å². The van der Waals surface area contributed by atoms with Gasteiger partial charge >= 0.3 is 0 Å². The molecule has 0 unspecified atom stereocenters. The molecular weight excluding hydrogens is 288 g/mol. The Balaban J connectivity index is 3.18. The first kappa shape index (κ1) is 17.7. The van der Waals surface area contributed by atoms with Gasteiger partial charge in [-0.2, -0.15) is 4.31 Å². The third-order valence-corrected chi connectivity index (χ3v) is 4.90. The maximum Gasteiger partial charge on any atom is 0.244 e. The van der Waals surface area contributed by atoms with Crippen molar-refractivity contribution < 1.29 is 13.5 Å². The van der Waals surface area contributed by atoms with Gasteiger partial charge in [-0.05, 0) is 38.7 Å². The summed E-state index contributed by atoms with van der Waals surface area (Å²) in [4.78, 5) is 2.10. The topological polar surface area (TPSA) is 60.9 Å². The van der Waals surface area contributed by atoms with Crippen molar-refractivity contribution in [3.05, 3.63) is 29.3 Å². The summed E-state index contributed by atoms with van der Waals surface area (Å²) in [6.45, 7) is 2.61. The molecular formula is C15H22N2O3S. The zero-order valence-electron chi connectivity index (χ0n) is 12.9. The molecule has 0 saturated carbocycles. The first-order chi connectivity index (χ1) is 9.78. The molecule has 1 N–H and O–H groups in total. The monoisotopic (exact) mass is 310 g/mol. The lowest BCUT2D eigenvalue weighted by atomic mass is 10.1. The van der Waals surface area contributed by atoms with Crippen LogP contribution in [0.4, 0.5) is 0 Å². The molecule has 1 rings (SSSR count). The Kier molecular flexibility index (Phi) is 6.37. The molecule has 6 heteroatoms. The number of likely N-dealkylation sites (N-methyl/N-ethyl adjacent to an activating group) is 2. The Hall–Kier alpha value is -1.39. The molecule has 0 heterocycles. The van der Waals surface area contributed by atoms with Crippen LogP contribution >= 0.6 is 0 Å². The number of aliphatic hydroxyl groups excluding tert-OH is 1. The Morgan fingerprint density at radius 3 is 2.43 bits per heavy atom. The molecule has 0 amide bonds. The lowest BCUT2D eigenvalue weighted by Gasteiger charge is -2.20. The second-order valence-corrected chi connectivity index (χ2v) is 7.10. The first-order valence-electron chi connectivity index (χ1n) is 6.60. The Morgan fingerprint density at radius 2 is 1.86 bits per heavy atom. The van der Waals surface area contributed by atoms with E-state index in [-0.39, 0.29) is 11.5 Å². The Morgan fingerprint density at radius 1 is 1.19 bits per heavy atom. The normalized spacial score (nSPS) is 11.6. The third-order valence-electron chi connectivity index (χ3n) is 2.99. The minimum Gasteiger partial charge on any atom is -0.384 e. The lowest BCUT2D eigenvalue weighted by Crippen LogP contribution is -2.33. The Bertz CT molecular complexity index is 643. The van der Waals surface area contributed by atoms with Crippen LogP contribution in [0.1, 0.15) is 11.1 Å². The predicted octanol–water partition coefficient (Wildman–Crippen LogP) is 0.521. The van der Waals surface area contributed by atoms with E-state index < -0.39 is 10.0 Å². The molecule has 0 aliphatic carbocycles. The number of nitrogens with zero attached hydrogens (tertiary/aromatic N) is 2. The zero-order chi connectivity index (χ0) is 16.0. The van der Waals surface area contributed by atoms with Crippen LogP contribution in [0.2, 0.25) is 0 Å². The van der Waals surface area contributed by atoms with Gasteiger partial charge in [0.2, 0.25) is 10.0 Å². The highest BCUT2D eigenvalue weighted by Crippen LogP contribution is 2.20. The molecule has 0 aromatic heterocycles. The van der Waals surface area contributed by atoms with E-state index >= 15 is 0 Å². The molecule has 0 bridgehead atoms. The first-order valence-corrected chi connectivity index (χ1v) is 8.04. The van der Waals surface area contributed by atoms with Crippen molar-refractivity contribution in [3.63, 3.8) is 0 Å². The van der Waals surface area contributed by atoms with Gasteiger partial charge < -0.3 is 10.0 Å². The molecule has 0 radical (unpaired) electrons. The van der Waals surface area contributed by atoms with Gasteiger partial charge in [0.25, 0.3) is 0 Å². The number of sulfonamides is 1. The molecule has 0 aliphatic rings. The predicted molar refractivity (Wildman–Crippen MR) is 83.5 cm³/mol. The maximum absolute atomic E-state index is 12.6. The van der Waals surface area contributed by atoms with Gasteiger partial charge in [-0.15, -0.1) is 0 Å². The average molecular weight is 310 g/mol. The summed E-state index contributed by atoms with van der Waals surface area (Å²) < 4.78 is 26.6. The van der Waals surface area contributed by atoms with E-state index in [1.165, 1.54) is 4.31 Å². The van der Waals surface area contributed by atoms with Crippen LogP contribution in [0, 0.1) is 18.8 Å². The quantitative estimate of drug-likeness (QED) is 0.806. The van der Waals surface area contributed by atoms with Gasteiger partial charge in [-0.1, -0.05) is 17.9 Å². The molecule has 1 aromatic rings. The molecule has 0 aliphatic heterocycles. The van der Waals surface area contributed by atoms with E-state index in [1.54, 1.807) is 25.2 Å². The second kappa shape index (κ2) is 7.57. The Labute approximate surface area is 127 Å². The molecule has 116 valence electrons. The maximum atomic E-state index is 12.6. The summed E-state index contributed by atoms with van der Waals surface area (Å²) in [6, 6.07) is 5.03. The lowest BCUT2D eigenvalue weighted by molar-refractivity contribution is 0.350. The fraction of sp³-hybridized carbons (Fsp3) is 0.467. The molecule has 0 saturated heterocycles. The van der Waals surface area contributed by atoms with Gasteiger partial charge in [0.1, 0.15) is 6.61 Å². The number of benzene rings is 1. The van der Waals surface area contributed by atoms with Gasteiger partial charge in [0, 0.05) is 25.7 Å². The van der Waals surface area contributed by atoms with Crippen LogP contribution in [0.15, 0.2) is 23.1 Å². The SMILES string of the molecule is Cc1ccc(S(=O)(=O)N(C)CCN(C)C)c(C#CCO)c1. The molecule has 0 fully saturated rings. The second-order valence-electron chi connectivity index (χ2n) is 5.09. The van der Waals surface area contributed by atoms with Gasteiger partial charge in [-0.3, -0.25) is 0 Å². The standard InChI is InChI=1S/C15H22N2O3S/c1-13-7-8-15(14(12-13)6-5-11-18)21(19,20)17(4)10-9-16(2)3/h7-8,12,18H,9-11H2,1-4H3. The van der Waals surface area contributed by atoms with Crippen molar-refractivity contribution in [2.75, 3.05) is 40.8 Å². The van der Waals surface area contributed by atoms with E-state index in [0.29, 0.717) is 18.7 Å². The largest absolute Gasteiger partial charge is 0.384 e. The number of aryl methyl sites for hydroxylation is 1. The average Bonchev–Trinajstić information content (AvgIpc) is 2.42. The molecule has 1 aromatic carbocycles. The summed E-state index contributed by atoms with van der Waals surface area (Å²) >= 11 is 0. The highest BCUT2D eigenvalue weighted by Gasteiger charge is 2.23. The van der Waals surface area contributed by atoms with Crippen molar-refractivity contribution >= 4 is 10.0 Å². The van der Waals surface area contributed by atoms with Crippen molar-refractivity contribution in [1.29, 1.82) is 0 Å². The van der Waals surface area contributed by atoms with E-state index in [9.17, 15) is 8.42 Å². The zero-order valence-corrected chi connectivity index (χ0v) is 13.7. The minimum atomic E-state index is -3.59. The van der Waals surface area contributed by atoms with E-state index in [2.05, 4.69) is 11.8 Å². The summed E-state index contributed by atoms with van der Waals surface area (Å²) in [5.41, 5.74) is 1.34. The van der Waals surface area contributed by atoms with Crippen LogP contribution in [-0.4, -0.2) is 63.6 Å². The molecule has 21 heavy (non-hydrogen) atoms. The van der Waals surface area contributed by atoms with Crippen molar-refractivity contribution in [1.82, 2.24) is 9.21 Å². The summed E-state index contributed by atoms with van der Waals surface area (Å²) in [7, 11) is 1.75. The van der Waals surface area contributed by atoms with Gasteiger partial charge in [-0.25, -0.2) is 8.42 Å². The molecule has 0 spiro atoms. The fourth-order valence-electron chi connectivity index (χ4n) is 1.73. The smallest absolute Gasteiger partial charge is 0.244 e. The van der Waals surface area contributed by atoms with Crippen molar-refractivity contribution in [2.45, 2.75) is 11.8 Å². The third kappa shape index (κ3) is 4.83. The summed E-state index contributed by atoms with van der Waals surface area (Å²) in [5, 5.41) is 8.81. The highest BCUT2D eigenvalue weighted by molar-refractivity contribution is 7.89. The van der Waals surface area contributed by atoms with Crippen molar-refractivity contribution in [2.24, 2.45) is 0 Å². The van der Waals surface area contributed by atoms with E-state index in [1.807, 2.05) is 25.9 Å². The summed E-state index contributed by atoms with van der Waals surface area (Å²) in [6.07, 6.45) is 0. The molecule has 5 nitrogen and oxygen atoms in total. The number of hydrogen-bond acceptors (Lipinski definition) is 4. The van der Waals surface area contributed by atoms with Gasteiger partial charge in [0.15, 0.2) is 0 Å². The van der Waals surface area contributed by atoms with Crippen LogP contribution in [0.25, 0.3) is 0 Å². The molecule has 0 atom stereocenters. The van der Waals surface area contributed by atoms with Crippen LogP contribution < -0.4 is 0 Å². The fourth-order valence-corrected chi connectivity index (χ4v) is 3.02. The van der Waals surface area contributed by atoms with Crippen molar-refractivity contribution in [3.8, 4) is 11.8 Å².